The van der Waals surface area contributed by atoms with Crippen LogP contribution in [0.15, 0.2) is 0 Å². The summed E-state index contributed by atoms with van der Waals surface area (Å²) in [6, 6.07) is 0. The van der Waals surface area contributed by atoms with E-state index in [-0.39, 0.29) is 6.61 Å². The normalized spacial score (nSPS) is 21.3. The lowest BCUT2D eigenvalue weighted by molar-refractivity contribution is 0.0782. The van der Waals surface area contributed by atoms with Gasteiger partial charge in [0.2, 0.25) is 0 Å². The van der Waals surface area contributed by atoms with Crippen LogP contribution in [0.2, 0.25) is 0 Å². The van der Waals surface area contributed by atoms with Gasteiger partial charge in [0.25, 0.3) is 0 Å². The van der Waals surface area contributed by atoms with Crippen LogP contribution < -0.4 is 5.32 Å². The Balaban J connectivity index is 2.32. The highest BCUT2D eigenvalue weighted by Gasteiger charge is 2.27. The number of β-amino-alcohol motifs (C(OH)–C–C–N with tert-alkyl or cyclic N) is 1. The van der Waals surface area contributed by atoms with Crippen LogP contribution in [0.4, 0.5) is 0 Å². The van der Waals surface area contributed by atoms with Crippen LogP contribution in [0.3, 0.4) is 0 Å². The van der Waals surface area contributed by atoms with Gasteiger partial charge >= 0.3 is 0 Å². The maximum absolute atomic E-state index is 8.99. The first kappa shape index (κ1) is 17.9. The van der Waals surface area contributed by atoms with Crippen LogP contribution in [-0.2, 0) is 0 Å². The number of hydrogen-bond donors (Lipinski definition) is 2. The van der Waals surface area contributed by atoms with Crippen molar-refractivity contribution in [2.75, 3.05) is 59.0 Å². The van der Waals surface area contributed by atoms with Gasteiger partial charge in [-0.2, -0.15) is 0 Å². The average Bonchev–Trinajstić information content (AvgIpc) is 2.41. The zero-order chi connectivity index (χ0) is 15.0. The molecule has 1 heterocycles. The highest BCUT2D eigenvalue weighted by Crippen LogP contribution is 2.22. The molecular formula is C16H35N3O. The summed E-state index contributed by atoms with van der Waals surface area (Å²) in [5, 5.41) is 12.6. The summed E-state index contributed by atoms with van der Waals surface area (Å²) in [7, 11) is 0. The summed E-state index contributed by atoms with van der Waals surface area (Å²) in [6.45, 7) is 18.2. The zero-order valence-corrected chi connectivity index (χ0v) is 14.0. The van der Waals surface area contributed by atoms with Gasteiger partial charge in [0, 0.05) is 45.8 Å². The number of nitrogens with zero attached hydrogens (tertiary/aromatic N) is 2. The standard InChI is InChI=1S/C16H35N3O/c1-5-16(4,13-17-12-15(2)3)14-19-8-6-18(7-9-19)10-11-20/h15,17,20H,5-14H2,1-4H3. The predicted molar refractivity (Wildman–Crippen MR) is 86.1 cm³/mol. The van der Waals surface area contributed by atoms with Gasteiger partial charge < -0.3 is 15.3 Å². The minimum atomic E-state index is 0.284. The fourth-order valence-corrected chi connectivity index (χ4v) is 2.81. The number of hydrogen-bond acceptors (Lipinski definition) is 4. The molecule has 0 bridgehead atoms. The Labute approximate surface area is 125 Å². The molecule has 1 aliphatic heterocycles. The van der Waals surface area contributed by atoms with Gasteiger partial charge in [-0.25, -0.2) is 0 Å². The molecular weight excluding hydrogens is 250 g/mol. The zero-order valence-electron chi connectivity index (χ0n) is 14.0. The molecule has 1 rings (SSSR count). The van der Waals surface area contributed by atoms with E-state index in [1.807, 2.05) is 0 Å². The number of rotatable bonds is 9. The molecule has 120 valence electrons. The second-order valence-corrected chi connectivity index (χ2v) is 7.03. The predicted octanol–water partition coefficient (Wildman–Crippen LogP) is 1.26. The lowest BCUT2D eigenvalue weighted by atomic mass is 9.86. The molecule has 1 atom stereocenters. The first-order chi connectivity index (χ1) is 9.49. The fourth-order valence-electron chi connectivity index (χ4n) is 2.81. The summed E-state index contributed by atoms with van der Waals surface area (Å²) in [4.78, 5) is 4.95. The molecule has 0 amide bonds. The van der Waals surface area contributed by atoms with Crippen molar-refractivity contribution in [2.24, 2.45) is 11.3 Å². The molecule has 4 heteroatoms. The van der Waals surface area contributed by atoms with E-state index < -0.39 is 0 Å². The van der Waals surface area contributed by atoms with E-state index >= 15 is 0 Å². The van der Waals surface area contributed by atoms with Crippen LogP contribution in [0, 0.1) is 11.3 Å². The molecule has 0 aromatic heterocycles. The number of piperazine rings is 1. The van der Waals surface area contributed by atoms with Crippen LogP contribution in [0.25, 0.3) is 0 Å². The third-order valence-corrected chi connectivity index (χ3v) is 4.44. The van der Waals surface area contributed by atoms with Crippen molar-refractivity contribution in [3.8, 4) is 0 Å². The van der Waals surface area contributed by atoms with Crippen molar-refractivity contribution in [3.63, 3.8) is 0 Å². The third kappa shape index (κ3) is 6.53. The molecule has 1 fully saturated rings. The van der Waals surface area contributed by atoms with Crippen molar-refractivity contribution in [3.05, 3.63) is 0 Å². The lowest BCUT2D eigenvalue weighted by Gasteiger charge is -2.40. The quantitative estimate of drug-likeness (QED) is 0.669. The van der Waals surface area contributed by atoms with E-state index in [9.17, 15) is 0 Å². The molecule has 1 aliphatic rings. The molecule has 2 N–H and O–H groups in total. The Morgan fingerprint density at radius 2 is 1.75 bits per heavy atom. The largest absolute Gasteiger partial charge is 0.395 e. The Hall–Kier alpha value is -0.160. The maximum atomic E-state index is 8.99. The maximum Gasteiger partial charge on any atom is 0.0558 e. The topological polar surface area (TPSA) is 38.7 Å². The molecule has 20 heavy (non-hydrogen) atoms. The number of nitrogens with one attached hydrogen (secondary N) is 1. The van der Waals surface area contributed by atoms with Gasteiger partial charge in [0.05, 0.1) is 6.61 Å². The van der Waals surface area contributed by atoms with Crippen molar-refractivity contribution in [2.45, 2.75) is 34.1 Å². The smallest absolute Gasteiger partial charge is 0.0558 e. The highest BCUT2D eigenvalue weighted by atomic mass is 16.3. The fraction of sp³-hybridized carbons (Fsp3) is 1.00. The van der Waals surface area contributed by atoms with Gasteiger partial charge in [0.15, 0.2) is 0 Å². The van der Waals surface area contributed by atoms with E-state index in [0.717, 1.165) is 51.7 Å². The van der Waals surface area contributed by atoms with Gasteiger partial charge in [-0.1, -0.05) is 27.7 Å². The monoisotopic (exact) mass is 285 g/mol. The van der Waals surface area contributed by atoms with Crippen LogP contribution >= 0.6 is 0 Å². The van der Waals surface area contributed by atoms with Crippen LogP contribution in [-0.4, -0.2) is 73.9 Å². The molecule has 0 aliphatic carbocycles. The van der Waals surface area contributed by atoms with Gasteiger partial charge in [-0.15, -0.1) is 0 Å². The molecule has 0 saturated carbocycles. The van der Waals surface area contributed by atoms with Gasteiger partial charge in [0.1, 0.15) is 0 Å². The Morgan fingerprint density at radius 3 is 2.25 bits per heavy atom. The Bertz CT molecular complexity index is 252. The number of aliphatic hydroxyl groups excluding tert-OH is 1. The summed E-state index contributed by atoms with van der Waals surface area (Å²) in [5.74, 6) is 0.720. The van der Waals surface area contributed by atoms with Crippen molar-refractivity contribution >= 4 is 0 Å². The van der Waals surface area contributed by atoms with E-state index in [1.54, 1.807) is 0 Å². The summed E-state index contributed by atoms with van der Waals surface area (Å²) in [5.41, 5.74) is 0.369. The first-order valence-electron chi connectivity index (χ1n) is 8.25. The van der Waals surface area contributed by atoms with E-state index in [4.69, 9.17) is 5.11 Å². The minimum Gasteiger partial charge on any atom is -0.395 e. The Morgan fingerprint density at radius 1 is 1.15 bits per heavy atom. The molecule has 0 radical (unpaired) electrons. The lowest BCUT2D eigenvalue weighted by Crippen LogP contribution is -2.51. The summed E-state index contributed by atoms with van der Waals surface area (Å²) in [6.07, 6.45) is 1.22. The number of aliphatic hydroxyl groups is 1. The van der Waals surface area contributed by atoms with Crippen molar-refractivity contribution in [1.29, 1.82) is 0 Å². The van der Waals surface area contributed by atoms with E-state index in [0.29, 0.717) is 5.41 Å². The SMILES string of the molecule is CCC(C)(CNCC(C)C)CN1CCN(CCO)CC1. The third-order valence-electron chi connectivity index (χ3n) is 4.44. The molecule has 0 spiro atoms. The van der Waals surface area contributed by atoms with Gasteiger partial charge in [-0.3, -0.25) is 4.90 Å². The molecule has 1 unspecified atom stereocenters. The van der Waals surface area contributed by atoms with Crippen molar-refractivity contribution in [1.82, 2.24) is 15.1 Å². The minimum absolute atomic E-state index is 0.284. The Kier molecular flexibility index (Phi) is 8.03. The second-order valence-electron chi connectivity index (χ2n) is 7.03. The average molecular weight is 285 g/mol. The summed E-state index contributed by atoms with van der Waals surface area (Å²) >= 11 is 0. The van der Waals surface area contributed by atoms with Crippen LogP contribution in [0.5, 0.6) is 0 Å². The first-order valence-corrected chi connectivity index (χ1v) is 8.25. The molecule has 1 saturated heterocycles. The highest BCUT2D eigenvalue weighted by molar-refractivity contribution is 4.82. The molecule has 4 nitrogen and oxygen atoms in total. The van der Waals surface area contributed by atoms with E-state index in [1.165, 1.54) is 13.0 Å². The van der Waals surface area contributed by atoms with Crippen molar-refractivity contribution < 1.29 is 5.11 Å². The summed E-state index contributed by atoms with van der Waals surface area (Å²) < 4.78 is 0. The second kappa shape index (κ2) is 8.98. The van der Waals surface area contributed by atoms with E-state index in [2.05, 4.69) is 42.8 Å². The van der Waals surface area contributed by atoms with Crippen LogP contribution in [0.1, 0.15) is 34.1 Å². The molecule has 0 aromatic rings. The van der Waals surface area contributed by atoms with Gasteiger partial charge in [-0.05, 0) is 24.3 Å². The molecule has 0 aromatic carbocycles.